The minimum atomic E-state index is -1.48. The van der Waals surface area contributed by atoms with Crippen LogP contribution in [-0.4, -0.2) is 81.1 Å². The number of imidazole rings is 1. The number of ether oxygens (including phenoxy) is 6. The van der Waals surface area contributed by atoms with Crippen LogP contribution in [0.5, 0.6) is 6.01 Å². The number of hydrogen-bond donors (Lipinski definition) is 1. The van der Waals surface area contributed by atoms with E-state index in [-0.39, 0.29) is 23.1 Å². The van der Waals surface area contributed by atoms with Gasteiger partial charge in [-0.05, 0) is 0 Å². The zero-order chi connectivity index (χ0) is 27.6. The molecule has 0 spiro atoms. The van der Waals surface area contributed by atoms with Crippen LogP contribution in [0.25, 0.3) is 11.2 Å². The van der Waals surface area contributed by atoms with Crippen LogP contribution in [-0.2, 0) is 49.9 Å². The van der Waals surface area contributed by atoms with Gasteiger partial charge in [-0.1, -0.05) is 0 Å². The van der Waals surface area contributed by atoms with Crippen LogP contribution >= 0.6 is 0 Å². The molecule has 2 N–H and O–H groups in total. The van der Waals surface area contributed by atoms with Gasteiger partial charge in [-0.25, -0.2) is 4.98 Å². The monoisotopic (exact) mass is 525 g/mol. The molecule has 16 nitrogen and oxygen atoms in total. The normalized spacial score (nSPS) is 23.2. The second kappa shape index (κ2) is 10.8. The Hall–Kier alpha value is -4.21. The van der Waals surface area contributed by atoms with E-state index in [1.165, 1.54) is 14.2 Å². The quantitative estimate of drug-likeness (QED) is 0.339. The van der Waals surface area contributed by atoms with Crippen molar-refractivity contribution in [1.29, 1.82) is 0 Å². The molecular formula is C21H27N5O11. The van der Waals surface area contributed by atoms with Crippen LogP contribution in [0.15, 0.2) is 4.79 Å². The molecule has 0 unspecified atom stereocenters. The number of hydrogen-bond acceptors (Lipinski definition) is 14. The maximum atomic E-state index is 12.8. The number of carbonyl (C=O) groups is 4. The standard InChI is InChI=1S/C21H27N5O11/c1-8(27)33-7-12-14(34-9(2)28)15(35-10(3)29)16(36-11(4)30)19(37-12)26-17-13(23-20(26)22)18(31)25(5)21(24-17)32-6/h12,14-16,19H,7H2,1-6H3,(H2,22,23)/t12-,14-,15+,16-,19-/m1/s1. The van der Waals surface area contributed by atoms with Gasteiger partial charge in [-0.15, -0.1) is 0 Å². The number of esters is 4. The summed E-state index contributed by atoms with van der Waals surface area (Å²) in [6, 6.07) is -0.0933. The molecule has 2 aromatic rings. The number of anilines is 1. The van der Waals surface area contributed by atoms with Crippen molar-refractivity contribution < 1.29 is 47.6 Å². The van der Waals surface area contributed by atoms with Crippen LogP contribution in [0.4, 0.5) is 5.95 Å². The first-order valence-corrected chi connectivity index (χ1v) is 10.9. The molecule has 5 atom stereocenters. The van der Waals surface area contributed by atoms with Gasteiger partial charge in [0.1, 0.15) is 12.7 Å². The van der Waals surface area contributed by atoms with Gasteiger partial charge in [0.05, 0.1) is 7.11 Å². The Morgan fingerprint density at radius 2 is 1.49 bits per heavy atom. The first-order valence-electron chi connectivity index (χ1n) is 10.9. The van der Waals surface area contributed by atoms with Crippen LogP contribution < -0.4 is 16.0 Å². The van der Waals surface area contributed by atoms with E-state index in [0.717, 1.165) is 36.8 Å². The maximum Gasteiger partial charge on any atom is 0.303 e. The summed E-state index contributed by atoms with van der Waals surface area (Å²) in [5.41, 5.74) is 5.28. The lowest BCUT2D eigenvalue weighted by molar-refractivity contribution is -0.267. The molecule has 2 aromatic heterocycles. The molecule has 1 fully saturated rings. The lowest BCUT2D eigenvalue weighted by Gasteiger charge is -2.44. The third kappa shape index (κ3) is 5.63. The van der Waals surface area contributed by atoms with E-state index in [1.807, 2.05) is 0 Å². The fraction of sp³-hybridized carbons (Fsp3) is 0.571. The molecule has 1 saturated heterocycles. The Balaban J connectivity index is 2.26. The Morgan fingerprint density at radius 1 is 0.919 bits per heavy atom. The summed E-state index contributed by atoms with van der Waals surface area (Å²) in [6.45, 7) is 4.01. The van der Waals surface area contributed by atoms with Gasteiger partial charge in [0, 0.05) is 34.7 Å². The van der Waals surface area contributed by atoms with Crippen LogP contribution in [0.3, 0.4) is 0 Å². The highest BCUT2D eigenvalue weighted by Gasteiger charge is 2.53. The molecule has 0 aliphatic carbocycles. The minimum absolute atomic E-state index is 0.0933. The van der Waals surface area contributed by atoms with Crippen molar-refractivity contribution in [2.24, 2.45) is 7.05 Å². The molecule has 0 radical (unpaired) electrons. The van der Waals surface area contributed by atoms with Gasteiger partial charge in [-0.2, -0.15) is 4.98 Å². The molecule has 1 aliphatic rings. The number of carbonyl (C=O) groups excluding carboxylic acids is 4. The Bertz CT molecular complexity index is 1290. The first-order chi connectivity index (χ1) is 17.3. The molecular weight excluding hydrogens is 498 g/mol. The average molecular weight is 525 g/mol. The summed E-state index contributed by atoms with van der Waals surface area (Å²) >= 11 is 0. The number of nitrogen functional groups attached to an aromatic ring is 1. The first kappa shape index (κ1) is 27.4. The Kier molecular flexibility index (Phi) is 8.00. The van der Waals surface area contributed by atoms with Gasteiger partial charge in [0.2, 0.25) is 5.95 Å². The molecule has 202 valence electrons. The molecule has 16 heteroatoms. The number of nitrogens with two attached hydrogens (primary N) is 1. The zero-order valence-corrected chi connectivity index (χ0v) is 21.0. The second-order valence-electron chi connectivity index (χ2n) is 8.06. The van der Waals surface area contributed by atoms with E-state index in [2.05, 4.69) is 9.97 Å². The third-order valence-electron chi connectivity index (χ3n) is 5.31. The lowest BCUT2D eigenvalue weighted by Crippen LogP contribution is -2.60. The van der Waals surface area contributed by atoms with Crippen molar-refractivity contribution in [2.75, 3.05) is 19.5 Å². The SMILES string of the molecule is COc1nc2c(nc(N)n2[C@@H]2O[C@H](COC(C)=O)[C@@H](OC(C)=O)[C@H](OC(C)=O)[C@H]2OC(C)=O)c(=O)n1C. The summed E-state index contributed by atoms with van der Waals surface area (Å²) < 4.78 is 34.8. The van der Waals surface area contributed by atoms with E-state index >= 15 is 0 Å². The highest BCUT2D eigenvalue weighted by Crippen LogP contribution is 2.37. The van der Waals surface area contributed by atoms with Gasteiger partial charge in [0.15, 0.2) is 35.7 Å². The number of aromatic nitrogens is 4. The number of fused-ring (bicyclic) bond motifs is 1. The minimum Gasteiger partial charge on any atom is -0.468 e. The van der Waals surface area contributed by atoms with Crippen LogP contribution in [0.2, 0.25) is 0 Å². The molecule has 3 rings (SSSR count). The van der Waals surface area contributed by atoms with Gasteiger partial charge in [0.25, 0.3) is 5.56 Å². The zero-order valence-electron chi connectivity index (χ0n) is 21.0. The summed E-state index contributed by atoms with van der Waals surface area (Å²) in [5.74, 6) is -3.33. The van der Waals surface area contributed by atoms with E-state index in [0.29, 0.717) is 0 Å². The molecule has 1 aliphatic heterocycles. The van der Waals surface area contributed by atoms with Crippen molar-refractivity contribution >= 4 is 41.0 Å². The Labute approximate surface area is 209 Å². The van der Waals surface area contributed by atoms with Crippen molar-refractivity contribution in [3.05, 3.63) is 10.4 Å². The fourth-order valence-corrected chi connectivity index (χ4v) is 3.95. The molecule has 0 saturated carbocycles. The third-order valence-corrected chi connectivity index (χ3v) is 5.31. The molecule has 0 bridgehead atoms. The second-order valence-corrected chi connectivity index (χ2v) is 8.06. The van der Waals surface area contributed by atoms with Crippen molar-refractivity contribution in [3.63, 3.8) is 0 Å². The smallest absolute Gasteiger partial charge is 0.303 e. The van der Waals surface area contributed by atoms with Gasteiger partial charge >= 0.3 is 29.9 Å². The number of nitrogens with zero attached hydrogens (tertiary/aromatic N) is 4. The van der Waals surface area contributed by atoms with Crippen LogP contribution in [0.1, 0.15) is 33.9 Å². The molecule has 0 amide bonds. The average Bonchev–Trinajstić information content (AvgIpc) is 3.12. The molecule has 0 aromatic carbocycles. The fourth-order valence-electron chi connectivity index (χ4n) is 3.95. The summed E-state index contributed by atoms with van der Waals surface area (Å²) in [4.78, 5) is 68.8. The largest absolute Gasteiger partial charge is 0.468 e. The van der Waals surface area contributed by atoms with Crippen molar-refractivity contribution in [3.8, 4) is 6.01 Å². The van der Waals surface area contributed by atoms with E-state index < -0.39 is 66.7 Å². The van der Waals surface area contributed by atoms with Crippen LogP contribution in [0, 0.1) is 0 Å². The Morgan fingerprint density at radius 3 is 2.03 bits per heavy atom. The van der Waals surface area contributed by atoms with Gasteiger partial charge in [-0.3, -0.25) is 33.1 Å². The summed E-state index contributed by atoms with van der Waals surface area (Å²) in [5, 5.41) is 0. The number of rotatable bonds is 7. The molecule has 37 heavy (non-hydrogen) atoms. The maximum absolute atomic E-state index is 12.8. The predicted molar refractivity (Wildman–Crippen MR) is 121 cm³/mol. The van der Waals surface area contributed by atoms with E-state index in [4.69, 9.17) is 34.2 Å². The highest BCUT2D eigenvalue weighted by atomic mass is 16.7. The van der Waals surface area contributed by atoms with E-state index in [1.54, 1.807) is 0 Å². The number of methoxy groups -OCH3 is 1. The van der Waals surface area contributed by atoms with Crippen molar-refractivity contribution in [2.45, 2.75) is 58.3 Å². The lowest BCUT2D eigenvalue weighted by atomic mass is 9.97. The van der Waals surface area contributed by atoms with Gasteiger partial charge < -0.3 is 34.2 Å². The predicted octanol–water partition coefficient (Wildman–Crippen LogP) is -1.02. The highest BCUT2D eigenvalue weighted by molar-refractivity contribution is 5.74. The van der Waals surface area contributed by atoms with Crippen molar-refractivity contribution in [1.82, 2.24) is 19.1 Å². The van der Waals surface area contributed by atoms with E-state index in [9.17, 15) is 24.0 Å². The summed E-state index contributed by atoms with van der Waals surface area (Å²) in [7, 11) is 2.71. The molecule has 3 heterocycles. The summed E-state index contributed by atoms with van der Waals surface area (Å²) in [6.07, 6.45) is -6.97. The topological polar surface area (TPSA) is 202 Å².